The highest BCUT2D eigenvalue weighted by molar-refractivity contribution is 5.95. The van der Waals surface area contributed by atoms with E-state index in [1.54, 1.807) is 6.07 Å². The van der Waals surface area contributed by atoms with Gasteiger partial charge in [-0.2, -0.15) is 0 Å². The van der Waals surface area contributed by atoms with Crippen molar-refractivity contribution in [2.24, 2.45) is 0 Å². The number of nitrogens with zero attached hydrogens (tertiary/aromatic N) is 1. The number of carbonyl (C=O) groups is 1. The molecule has 0 aliphatic heterocycles. The van der Waals surface area contributed by atoms with Gasteiger partial charge in [-0.25, -0.2) is 0 Å². The van der Waals surface area contributed by atoms with Crippen LogP contribution in [0.5, 0.6) is 5.75 Å². The van der Waals surface area contributed by atoms with Gasteiger partial charge >= 0.3 is 5.97 Å². The molecule has 24 heavy (non-hydrogen) atoms. The highest BCUT2D eigenvalue weighted by Crippen LogP contribution is 2.43. The van der Waals surface area contributed by atoms with Crippen molar-refractivity contribution in [1.29, 1.82) is 0 Å². The van der Waals surface area contributed by atoms with Gasteiger partial charge in [0.05, 0.1) is 11.4 Å². The summed E-state index contributed by atoms with van der Waals surface area (Å²) in [6.45, 7) is 0.683. The lowest BCUT2D eigenvalue weighted by Gasteiger charge is -2.21. The second-order valence-electron chi connectivity index (χ2n) is 6.39. The lowest BCUT2D eigenvalue weighted by atomic mass is 9.85. The third kappa shape index (κ3) is 2.26. The summed E-state index contributed by atoms with van der Waals surface area (Å²) < 4.78 is 2.18. The number of benzene rings is 2. The molecule has 0 radical (unpaired) electrons. The molecule has 1 unspecified atom stereocenters. The summed E-state index contributed by atoms with van der Waals surface area (Å²) in [5.74, 6) is -1.18. The Bertz CT molecular complexity index is 912. The maximum atomic E-state index is 11.7. The number of carboxylic acids is 1. The molecule has 4 rings (SSSR count). The van der Waals surface area contributed by atoms with E-state index in [1.807, 2.05) is 30.3 Å². The fraction of sp³-hybridized carbons (Fsp3) is 0.250. The summed E-state index contributed by atoms with van der Waals surface area (Å²) in [7, 11) is 0. The number of carboxylic acid groups (broad SMARTS) is 1. The van der Waals surface area contributed by atoms with Gasteiger partial charge in [0.15, 0.2) is 0 Å². The minimum absolute atomic E-state index is 0.170. The van der Waals surface area contributed by atoms with Gasteiger partial charge in [0.25, 0.3) is 0 Å². The fourth-order valence-corrected chi connectivity index (χ4v) is 3.92. The van der Waals surface area contributed by atoms with Gasteiger partial charge in [-0.05, 0) is 42.5 Å². The van der Waals surface area contributed by atoms with Crippen molar-refractivity contribution >= 4 is 16.9 Å². The van der Waals surface area contributed by atoms with Gasteiger partial charge in [0.2, 0.25) is 0 Å². The van der Waals surface area contributed by atoms with Gasteiger partial charge in [-0.3, -0.25) is 4.79 Å². The summed E-state index contributed by atoms with van der Waals surface area (Å²) in [4.78, 5) is 11.7. The van der Waals surface area contributed by atoms with Crippen LogP contribution in [-0.2, 0) is 17.8 Å². The standard InChI is InChI=1S/C20H19NO3/c22-17-11-5-10-16-19(17)18-14(20(23)24)8-4-9-15(18)21(16)12-13-6-2-1-3-7-13/h1-3,5-7,10-11,14,22H,4,8-9,12H2,(H,23,24). The fourth-order valence-electron chi connectivity index (χ4n) is 3.92. The molecule has 4 nitrogen and oxygen atoms in total. The monoisotopic (exact) mass is 321 g/mol. The van der Waals surface area contributed by atoms with Crippen molar-refractivity contribution in [3.8, 4) is 5.75 Å². The second-order valence-corrected chi connectivity index (χ2v) is 6.39. The number of aromatic nitrogens is 1. The molecule has 0 bridgehead atoms. The molecule has 3 aromatic rings. The Labute approximate surface area is 140 Å². The van der Waals surface area contributed by atoms with Gasteiger partial charge in [-0.15, -0.1) is 0 Å². The maximum Gasteiger partial charge on any atom is 0.311 e. The van der Waals surface area contributed by atoms with Crippen LogP contribution in [0, 0.1) is 0 Å². The summed E-state index contributed by atoms with van der Waals surface area (Å²) >= 11 is 0. The highest BCUT2D eigenvalue weighted by atomic mass is 16.4. The van der Waals surface area contributed by atoms with Gasteiger partial charge in [-0.1, -0.05) is 36.4 Å². The molecular weight excluding hydrogens is 302 g/mol. The van der Waals surface area contributed by atoms with Crippen LogP contribution in [0.25, 0.3) is 10.9 Å². The lowest BCUT2D eigenvalue weighted by molar-refractivity contribution is -0.139. The Morgan fingerprint density at radius 2 is 1.92 bits per heavy atom. The van der Waals surface area contributed by atoms with Crippen molar-refractivity contribution in [2.75, 3.05) is 0 Å². The minimum atomic E-state index is -0.807. The van der Waals surface area contributed by atoms with E-state index in [9.17, 15) is 15.0 Å². The predicted octanol–water partition coefficient (Wildman–Crippen LogP) is 3.90. The molecular formula is C20H19NO3. The van der Waals surface area contributed by atoms with E-state index in [0.717, 1.165) is 35.2 Å². The Balaban J connectivity index is 1.97. The van der Waals surface area contributed by atoms with Crippen molar-refractivity contribution < 1.29 is 15.0 Å². The molecule has 0 fully saturated rings. The number of aliphatic carboxylic acids is 1. The summed E-state index contributed by atoms with van der Waals surface area (Å²) in [5, 5.41) is 20.7. The van der Waals surface area contributed by atoms with E-state index < -0.39 is 11.9 Å². The number of fused-ring (bicyclic) bond motifs is 3. The molecule has 2 N–H and O–H groups in total. The van der Waals surface area contributed by atoms with Crippen LogP contribution in [0.2, 0.25) is 0 Å². The highest BCUT2D eigenvalue weighted by Gasteiger charge is 2.32. The first kappa shape index (κ1) is 14.8. The van der Waals surface area contributed by atoms with E-state index in [-0.39, 0.29) is 5.75 Å². The van der Waals surface area contributed by atoms with Crippen molar-refractivity contribution in [3.63, 3.8) is 0 Å². The first-order valence-electron chi connectivity index (χ1n) is 8.26. The smallest absolute Gasteiger partial charge is 0.311 e. The molecule has 1 aliphatic carbocycles. The normalized spacial score (nSPS) is 16.9. The Hall–Kier alpha value is -2.75. The average molecular weight is 321 g/mol. The zero-order valence-corrected chi connectivity index (χ0v) is 13.3. The minimum Gasteiger partial charge on any atom is -0.507 e. The molecule has 0 saturated heterocycles. The molecule has 1 heterocycles. The van der Waals surface area contributed by atoms with Crippen LogP contribution in [0.1, 0.15) is 35.6 Å². The summed E-state index contributed by atoms with van der Waals surface area (Å²) in [6.07, 6.45) is 2.33. The van der Waals surface area contributed by atoms with Crippen LogP contribution in [-0.4, -0.2) is 20.7 Å². The zero-order chi connectivity index (χ0) is 16.7. The van der Waals surface area contributed by atoms with Gasteiger partial charge in [0, 0.05) is 17.6 Å². The Kier molecular flexibility index (Phi) is 3.53. The molecule has 0 saturated carbocycles. The van der Waals surface area contributed by atoms with Crippen LogP contribution >= 0.6 is 0 Å². The van der Waals surface area contributed by atoms with Crippen molar-refractivity contribution in [1.82, 2.24) is 4.57 Å². The molecule has 122 valence electrons. The molecule has 0 amide bonds. The van der Waals surface area contributed by atoms with Crippen molar-refractivity contribution in [2.45, 2.75) is 31.7 Å². The number of phenolic OH excluding ortho intramolecular Hbond substituents is 1. The van der Waals surface area contributed by atoms with Crippen LogP contribution < -0.4 is 0 Å². The van der Waals surface area contributed by atoms with E-state index in [4.69, 9.17) is 0 Å². The van der Waals surface area contributed by atoms with E-state index in [2.05, 4.69) is 16.7 Å². The predicted molar refractivity (Wildman–Crippen MR) is 92.5 cm³/mol. The quantitative estimate of drug-likeness (QED) is 0.769. The SMILES string of the molecule is O=C(O)C1CCCc2c1c1c(O)cccc1n2Cc1ccccc1. The third-order valence-electron chi connectivity index (χ3n) is 4.95. The Morgan fingerprint density at radius 3 is 2.67 bits per heavy atom. The number of rotatable bonds is 3. The first-order chi connectivity index (χ1) is 11.7. The molecule has 1 aliphatic rings. The van der Waals surface area contributed by atoms with Crippen molar-refractivity contribution in [3.05, 3.63) is 65.4 Å². The van der Waals surface area contributed by atoms with E-state index in [1.165, 1.54) is 0 Å². The first-order valence-corrected chi connectivity index (χ1v) is 8.26. The second kappa shape index (κ2) is 5.71. The summed E-state index contributed by atoms with van der Waals surface area (Å²) in [6, 6.07) is 15.6. The number of aromatic hydroxyl groups is 1. The number of hydrogen-bond donors (Lipinski definition) is 2. The van der Waals surface area contributed by atoms with E-state index >= 15 is 0 Å². The topological polar surface area (TPSA) is 62.5 Å². The third-order valence-corrected chi connectivity index (χ3v) is 4.95. The Morgan fingerprint density at radius 1 is 1.12 bits per heavy atom. The molecule has 0 spiro atoms. The lowest BCUT2D eigenvalue weighted by Crippen LogP contribution is -2.19. The molecule has 1 atom stereocenters. The van der Waals surface area contributed by atoms with E-state index in [0.29, 0.717) is 18.4 Å². The molecule has 1 aromatic heterocycles. The molecule has 4 heteroatoms. The largest absolute Gasteiger partial charge is 0.507 e. The van der Waals surface area contributed by atoms with Gasteiger partial charge < -0.3 is 14.8 Å². The van der Waals surface area contributed by atoms with Crippen LogP contribution in [0.4, 0.5) is 0 Å². The molecule has 2 aromatic carbocycles. The average Bonchev–Trinajstić information content (AvgIpc) is 2.91. The zero-order valence-electron chi connectivity index (χ0n) is 13.3. The van der Waals surface area contributed by atoms with Crippen LogP contribution in [0.15, 0.2) is 48.5 Å². The number of hydrogen-bond acceptors (Lipinski definition) is 2. The van der Waals surface area contributed by atoms with Crippen LogP contribution in [0.3, 0.4) is 0 Å². The number of phenols is 1. The van der Waals surface area contributed by atoms with Gasteiger partial charge in [0.1, 0.15) is 5.75 Å². The summed E-state index contributed by atoms with van der Waals surface area (Å²) in [5.41, 5.74) is 3.93. The maximum absolute atomic E-state index is 11.7.